The lowest BCUT2D eigenvalue weighted by Crippen LogP contribution is -2.31. The number of anilines is 2. The number of amides is 2. The summed E-state index contributed by atoms with van der Waals surface area (Å²) in [6.45, 7) is 2.45. The highest BCUT2D eigenvalue weighted by Gasteiger charge is 2.14. The number of aromatic nitrogens is 1. The summed E-state index contributed by atoms with van der Waals surface area (Å²) in [6, 6.07) is 6.80. The third kappa shape index (κ3) is 4.98. The monoisotopic (exact) mass is 404 g/mol. The maximum Gasteiger partial charge on any atom is 0.319 e. The Hall–Kier alpha value is -2.67. The fraction of sp³-hybridized carbons (Fsp3) is 0.400. The van der Waals surface area contributed by atoms with Crippen LogP contribution in [0.2, 0.25) is 5.02 Å². The van der Waals surface area contributed by atoms with Gasteiger partial charge in [0.2, 0.25) is 0 Å². The zero-order valence-electron chi connectivity index (χ0n) is 16.1. The van der Waals surface area contributed by atoms with Crippen molar-refractivity contribution < 1.29 is 14.3 Å². The molecule has 1 aromatic heterocycles. The zero-order valence-corrected chi connectivity index (χ0v) is 16.9. The lowest BCUT2D eigenvalue weighted by molar-refractivity contribution is 0.251. The lowest BCUT2D eigenvalue weighted by Gasteiger charge is -2.27. The summed E-state index contributed by atoms with van der Waals surface area (Å²) in [5.41, 5.74) is 1.46. The third-order valence-electron chi connectivity index (χ3n) is 4.67. The molecule has 0 aliphatic carbocycles. The van der Waals surface area contributed by atoms with Crippen LogP contribution in [-0.4, -0.2) is 38.3 Å². The van der Waals surface area contributed by atoms with Gasteiger partial charge in [0, 0.05) is 31.9 Å². The van der Waals surface area contributed by atoms with Crippen LogP contribution in [0.15, 0.2) is 30.5 Å². The number of nitrogens with one attached hydrogen (secondary N) is 2. The van der Waals surface area contributed by atoms with E-state index in [1.807, 2.05) is 12.1 Å². The third-order valence-corrected chi connectivity index (χ3v) is 4.96. The van der Waals surface area contributed by atoms with E-state index in [2.05, 4.69) is 20.5 Å². The Labute approximate surface area is 170 Å². The summed E-state index contributed by atoms with van der Waals surface area (Å²) in [4.78, 5) is 19.1. The predicted molar refractivity (Wildman–Crippen MR) is 111 cm³/mol. The van der Waals surface area contributed by atoms with Gasteiger partial charge in [-0.2, -0.15) is 0 Å². The zero-order chi connectivity index (χ0) is 19.9. The van der Waals surface area contributed by atoms with Crippen molar-refractivity contribution in [1.29, 1.82) is 0 Å². The van der Waals surface area contributed by atoms with Gasteiger partial charge in [0.15, 0.2) is 0 Å². The topological polar surface area (TPSA) is 75.7 Å². The molecule has 28 heavy (non-hydrogen) atoms. The van der Waals surface area contributed by atoms with Gasteiger partial charge in [-0.1, -0.05) is 11.6 Å². The van der Waals surface area contributed by atoms with Crippen LogP contribution in [-0.2, 0) is 6.54 Å². The Morgan fingerprint density at radius 1 is 1.14 bits per heavy atom. The summed E-state index contributed by atoms with van der Waals surface area (Å²) in [6.07, 6.45) is 5.44. The standard InChI is InChI=1S/C20H25ClN4O3/c1-27-17-12-18(28-2)16(11-15(17)21)24-20(26)23-13-14-6-7-22-19(10-14)25-8-4-3-5-9-25/h6-7,10-12H,3-5,8-9,13H2,1-2H3,(H2,23,24,26). The van der Waals surface area contributed by atoms with Gasteiger partial charge in [-0.15, -0.1) is 0 Å². The summed E-state index contributed by atoms with van der Waals surface area (Å²) in [5, 5.41) is 6.00. The number of rotatable bonds is 6. The number of carbonyl (C=O) groups is 1. The van der Waals surface area contributed by atoms with E-state index in [1.54, 1.807) is 18.3 Å². The van der Waals surface area contributed by atoms with E-state index in [0.29, 0.717) is 28.8 Å². The summed E-state index contributed by atoms with van der Waals surface area (Å²) < 4.78 is 10.5. The van der Waals surface area contributed by atoms with E-state index in [1.165, 1.54) is 33.5 Å². The van der Waals surface area contributed by atoms with Crippen LogP contribution in [0.1, 0.15) is 24.8 Å². The van der Waals surface area contributed by atoms with Gasteiger partial charge in [0.1, 0.15) is 17.3 Å². The van der Waals surface area contributed by atoms with Crippen molar-refractivity contribution in [2.45, 2.75) is 25.8 Å². The quantitative estimate of drug-likeness (QED) is 0.759. The summed E-state index contributed by atoms with van der Waals surface area (Å²) in [7, 11) is 3.04. The first kappa shape index (κ1) is 20.1. The van der Waals surface area contributed by atoms with Crippen molar-refractivity contribution in [3.63, 3.8) is 0 Å². The van der Waals surface area contributed by atoms with Gasteiger partial charge in [-0.3, -0.25) is 0 Å². The number of carbonyl (C=O) groups excluding carboxylic acids is 1. The molecule has 0 radical (unpaired) electrons. The number of piperidine rings is 1. The first-order valence-corrected chi connectivity index (χ1v) is 9.64. The minimum Gasteiger partial charge on any atom is -0.495 e. The smallest absolute Gasteiger partial charge is 0.319 e. The van der Waals surface area contributed by atoms with E-state index in [0.717, 1.165) is 24.5 Å². The SMILES string of the molecule is COc1cc(OC)c(NC(=O)NCc2ccnc(N3CCCCC3)c2)cc1Cl. The highest BCUT2D eigenvalue weighted by molar-refractivity contribution is 6.32. The number of hydrogen-bond acceptors (Lipinski definition) is 5. The largest absolute Gasteiger partial charge is 0.495 e. The van der Waals surface area contributed by atoms with Crippen LogP contribution in [0.25, 0.3) is 0 Å². The molecule has 8 heteroatoms. The fourth-order valence-corrected chi connectivity index (χ4v) is 3.41. The molecule has 0 atom stereocenters. The lowest BCUT2D eigenvalue weighted by atomic mass is 10.1. The van der Waals surface area contributed by atoms with Crippen LogP contribution >= 0.6 is 11.6 Å². The second kappa shape index (κ2) is 9.50. The van der Waals surface area contributed by atoms with Crippen molar-refractivity contribution in [2.24, 2.45) is 0 Å². The Balaban J connectivity index is 1.61. The number of methoxy groups -OCH3 is 2. The number of benzene rings is 1. The maximum atomic E-state index is 12.3. The first-order valence-electron chi connectivity index (χ1n) is 9.27. The number of halogens is 1. The van der Waals surface area contributed by atoms with E-state index in [-0.39, 0.29) is 6.03 Å². The normalized spacial score (nSPS) is 13.8. The van der Waals surface area contributed by atoms with E-state index >= 15 is 0 Å². The van der Waals surface area contributed by atoms with Gasteiger partial charge >= 0.3 is 6.03 Å². The number of pyridine rings is 1. The van der Waals surface area contributed by atoms with Crippen molar-refractivity contribution >= 4 is 29.1 Å². The minimum absolute atomic E-state index is 0.351. The highest BCUT2D eigenvalue weighted by atomic mass is 35.5. The predicted octanol–water partition coefficient (Wildman–Crippen LogP) is 4.06. The molecular formula is C20H25ClN4O3. The molecule has 0 saturated carbocycles. The molecule has 1 aliphatic heterocycles. The van der Waals surface area contributed by atoms with Crippen molar-refractivity contribution in [3.05, 3.63) is 41.0 Å². The molecular weight excluding hydrogens is 380 g/mol. The van der Waals surface area contributed by atoms with E-state index < -0.39 is 0 Å². The van der Waals surface area contributed by atoms with Crippen molar-refractivity contribution in [2.75, 3.05) is 37.5 Å². The van der Waals surface area contributed by atoms with Gasteiger partial charge in [-0.05, 0) is 43.0 Å². The molecule has 0 spiro atoms. The Morgan fingerprint density at radius 3 is 2.61 bits per heavy atom. The van der Waals surface area contributed by atoms with E-state index in [4.69, 9.17) is 21.1 Å². The van der Waals surface area contributed by atoms with Gasteiger partial charge in [0.25, 0.3) is 0 Å². The molecule has 2 N–H and O–H groups in total. The van der Waals surface area contributed by atoms with Crippen molar-refractivity contribution in [1.82, 2.24) is 10.3 Å². The van der Waals surface area contributed by atoms with Crippen molar-refractivity contribution in [3.8, 4) is 11.5 Å². The van der Waals surface area contributed by atoms with Gasteiger partial charge in [-0.25, -0.2) is 9.78 Å². The Morgan fingerprint density at radius 2 is 1.89 bits per heavy atom. The molecule has 150 valence electrons. The van der Waals surface area contributed by atoms with Gasteiger partial charge < -0.3 is 25.0 Å². The average molecular weight is 405 g/mol. The molecule has 1 fully saturated rings. The second-order valence-corrected chi connectivity index (χ2v) is 6.97. The molecule has 2 aromatic rings. The van der Waals surface area contributed by atoms with Gasteiger partial charge in [0.05, 0.1) is 24.9 Å². The molecule has 1 saturated heterocycles. The first-order chi connectivity index (χ1) is 13.6. The molecule has 0 bridgehead atoms. The molecule has 1 aliphatic rings. The number of nitrogens with zero attached hydrogens (tertiary/aromatic N) is 2. The molecule has 0 unspecified atom stereocenters. The molecule has 7 nitrogen and oxygen atoms in total. The number of urea groups is 1. The average Bonchev–Trinajstić information content (AvgIpc) is 2.73. The molecule has 2 amide bonds. The molecule has 1 aromatic carbocycles. The number of hydrogen-bond donors (Lipinski definition) is 2. The van der Waals surface area contributed by atoms with Crippen LogP contribution in [0, 0.1) is 0 Å². The Bertz CT molecular complexity index is 825. The van der Waals surface area contributed by atoms with Crippen LogP contribution in [0.3, 0.4) is 0 Å². The summed E-state index contributed by atoms with van der Waals surface area (Å²) >= 11 is 6.14. The fourth-order valence-electron chi connectivity index (χ4n) is 3.17. The van der Waals surface area contributed by atoms with E-state index in [9.17, 15) is 4.79 Å². The maximum absolute atomic E-state index is 12.3. The Kier molecular flexibility index (Phi) is 6.81. The van der Waals surface area contributed by atoms with Crippen LogP contribution in [0.5, 0.6) is 11.5 Å². The minimum atomic E-state index is -0.351. The van der Waals surface area contributed by atoms with Crippen LogP contribution < -0.4 is 25.0 Å². The second-order valence-electron chi connectivity index (χ2n) is 6.56. The number of ether oxygens (including phenoxy) is 2. The molecule has 2 heterocycles. The van der Waals surface area contributed by atoms with Crippen LogP contribution in [0.4, 0.5) is 16.3 Å². The summed E-state index contributed by atoms with van der Waals surface area (Å²) in [5.74, 6) is 1.90. The molecule has 3 rings (SSSR count). The highest BCUT2D eigenvalue weighted by Crippen LogP contribution is 2.35.